The van der Waals surface area contributed by atoms with Crippen molar-refractivity contribution in [2.75, 3.05) is 0 Å². The Balaban J connectivity index is 2.45. The van der Waals surface area contributed by atoms with Gasteiger partial charge in [-0.2, -0.15) is 5.10 Å². The van der Waals surface area contributed by atoms with E-state index in [1.807, 2.05) is 10.7 Å². The zero-order chi connectivity index (χ0) is 10.7. The van der Waals surface area contributed by atoms with Gasteiger partial charge in [-0.15, -0.1) is 0 Å². The molecule has 0 saturated heterocycles. The molecule has 5 heteroatoms. The van der Waals surface area contributed by atoms with Gasteiger partial charge in [0.15, 0.2) is 0 Å². The molecule has 2 aromatic heterocycles. The van der Waals surface area contributed by atoms with Gasteiger partial charge in [0, 0.05) is 18.9 Å². The first kappa shape index (κ1) is 10.1. The van der Waals surface area contributed by atoms with Gasteiger partial charge in [-0.3, -0.25) is 4.68 Å². The number of hydrogen-bond acceptors (Lipinski definition) is 3. The normalized spacial score (nSPS) is 10.5. The molecule has 0 bridgehead atoms. The Bertz CT molecular complexity index is 452. The maximum absolute atomic E-state index is 6.02. The monoisotopic (exact) mass is 222 g/mol. The topological polar surface area (TPSA) is 43.6 Å². The zero-order valence-corrected chi connectivity index (χ0v) is 9.15. The maximum atomic E-state index is 6.02. The minimum atomic E-state index is 0.551. The molecule has 0 aliphatic carbocycles. The van der Waals surface area contributed by atoms with Crippen LogP contribution >= 0.6 is 11.6 Å². The molecule has 0 aromatic carbocycles. The molecule has 2 aromatic rings. The Labute approximate surface area is 92.9 Å². The number of halogens is 1. The van der Waals surface area contributed by atoms with Gasteiger partial charge in [0.25, 0.3) is 0 Å². The fourth-order valence-electron chi connectivity index (χ4n) is 1.42. The van der Waals surface area contributed by atoms with Crippen LogP contribution in [0.2, 0.25) is 5.02 Å². The van der Waals surface area contributed by atoms with Crippen LogP contribution in [-0.2, 0) is 6.54 Å². The third kappa shape index (κ3) is 1.99. The summed E-state index contributed by atoms with van der Waals surface area (Å²) in [6, 6.07) is 1.91. The smallest absolute Gasteiger partial charge is 0.116 e. The van der Waals surface area contributed by atoms with E-state index in [4.69, 9.17) is 11.6 Å². The molecule has 4 nitrogen and oxygen atoms in total. The molecule has 2 heterocycles. The van der Waals surface area contributed by atoms with Crippen LogP contribution in [0.3, 0.4) is 0 Å². The average molecular weight is 223 g/mol. The van der Waals surface area contributed by atoms with E-state index >= 15 is 0 Å². The minimum absolute atomic E-state index is 0.551. The van der Waals surface area contributed by atoms with Crippen molar-refractivity contribution in [3.63, 3.8) is 0 Å². The van der Waals surface area contributed by atoms with Gasteiger partial charge in [0.05, 0.1) is 10.7 Å². The maximum Gasteiger partial charge on any atom is 0.116 e. The molecule has 78 valence electrons. The van der Waals surface area contributed by atoms with Gasteiger partial charge in [-0.1, -0.05) is 18.5 Å². The number of aryl methyl sites for hydroxylation is 1. The molecule has 0 aliphatic rings. The van der Waals surface area contributed by atoms with Crippen LogP contribution in [0.5, 0.6) is 0 Å². The predicted octanol–water partition coefficient (Wildman–Crippen LogP) is 2.40. The molecule has 0 unspecified atom stereocenters. The number of hydrogen-bond donors (Lipinski definition) is 0. The van der Waals surface area contributed by atoms with Gasteiger partial charge in [-0.25, -0.2) is 9.97 Å². The van der Waals surface area contributed by atoms with E-state index in [2.05, 4.69) is 22.0 Å². The third-order valence-corrected chi connectivity index (χ3v) is 2.34. The first-order valence-electron chi connectivity index (χ1n) is 4.80. The Hall–Kier alpha value is -1.42. The molecular formula is C10H11ClN4. The quantitative estimate of drug-likeness (QED) is 0.801. The third-order valence-electron chi connectivity index (χ3n) is 2.06. The predicted molar refractivity (Wildman–Crippen MR) is 58.6 cm³/mol. The molecule has 0 spiro atoms. The molecule has 0 saturated carbocycles. The number of nitrogens with zero attached hydrogens (tertiary/aromatic N) is 4. The highest BCUT2D eigenvalue weighted by Crippen LogP contribution is 2.23. The van der Waals surface area contributed by atoms with Crippen molar-refractivity contribution < 1.29 is 0 Å². The van der Waals surface area contributed by atoms with Crippen molar-refractivity contribution in [2.45, 2.75) is 19.9 Å². The lowest BCUT2D eigenvalue weighted by atomic mass is 10.3. The summed E-state index contributed by atoms with van der Waals surface area (Å²) in [6.07, 6.45) is 5.86. The minimum Gasteiger partial charge on any atom is -0.263 e. The van der Waals surface area contributed by atoms with Gasteiger partial charge < -0.3 is 0 Å². The molecule has 0 radical (unpaired) electrons. The zero-order valence-electron chi connectivity index (χ0n) is 8.39. The van der Waals surface area contributed by atoms with E-state index in [-0.39, 0.29) is 0 Å². The van der Waals surface area contributed by atoms with Gasteiger partial charge >= 0.3 is 0 Å². The van der Waals surface area contributed by atoms with Crippen LogP contribution in [0.1, 0.15) is 13.3 Å². The Kier molecular flexibility index (Phi) is 2.97. The summed E-state index contributed by atoms with van der Waals surface area (Å²) in [5.41, 5.74) is 1.67. The van der Waals surface area contributed by atoms with E-state index in [1.165, 1.54) is 6.33 Å². The molecule has 15 heavy (non-hydrogen) atoms. The summed E-state index contributed by atoms with van der Waals surface area (Å²) in [7, 11) is 0. The van der Waals surface area contributed by atoms with Crippen molar-refractivity contribution in [2.24, 2.45) is 0 Å². The molecule has 0 fully saturated rings. The van der Waals surface area contributed by atoms with Crippen LogP contribution in [0.25, 0.3) is 11.4 Å². The average Bonchev–Trinajstić information content (AvgIpc) is 2.67. The van der Waals surface area contributed by atoms with Crippen molar-refractivity contribution in [1.82, 2.24) is 19.7 Å². The molecule has 0 amide bonds. The molecule has 2 rings (SSSR count). The van der Waals surface area contributed by atoms with Crippen molar-refractivity contribution in [1.29, 1.82) is 0 Å². The number of rotatable bonds is 3. The molecule has 0 aliphatic heterocycles. The lowest BCUT2D eigenvalue weighted by molar-refractivity contribution is 0.608. The summed E-state index contributed by atoms with van der Waals surface area (Å²) < 4.78 is 1.90. The molecular weight excluding hydrogens is 212 g/mol. The highest BCUT2D eigenvalue weighted by molar-refractivity contribution is 6.32. The Morgan fingerprint density at radius 3 is 3.07 bits per heavy atom. The molecule has 0 atom stereocenters. The first-order valence-corrected chi connectivity index (χ1v) is 5.18. The van der Waals surface area contributed by atoms with Gasteiger partial charge in [-0.05, 0) is 12.5 Å². The van der Waals surface area contributed by atoms with E-state index in [9.17, 15) is 0 Å². The van der Waals surface area contributed by atoms with Crippen LogP contribution in [0.15, 0.2) is 24.8 Å². The van der Waals surface area contributed by atoms with Crippen molar-refractivity contribution in [3.8, 4) is 11.4 Å². The van der Waals surface area contributed by atoms with E-state index in [0.717, 1.165) is 24.4 Å². The lowest BCUT2D eigenvalue weighted by Crippen LogP contribution is -2.02. The summed E-state index contributed by atoms with van der Waals surface area (Å²) in [6.45, 7) is 2.97. The fourth-order valence-corrected chi connectivity index (χ4v) is 1.63. The van der Waals surface area contributed by atoms with E-state index < -0.39 is 0 Å². The van der Waals surface area contributed by atoms with Crippen LogP contribution in [0, 0.1) is 0 Å². The fraction of sp³-hybridized carbons (Fsp3) is 0.300. The van der Waals surface area contributed by atoms with Gasteiger partial charge in [0.1, 0.15) is 12.0 Å². The van der Waals surface area contributed by atoms with Crippen molar-refractivity contribution in [3.05, 3.63) is 29.8 Å². The van der Waals surface area contributed by atoms with Crippen LogP contribution in [-0.4, -0.2) is 19.7 Å². The summed E-state index contributed by atoms with van der Waals surface area (Å²) in [5.74, 6) is 0. The molecule has 0 N–H and O–H groups in total. The van der Waals surface area contributed by atoms with E-state index in [1.54, 1.807) is 12.4 Å². The summed E-state index contributed by atoms with van der Waals surface area (Å²) in [5, 5.41) is 4.77. The summed E-state index contributed by atoms with van der Waals surface area (Å²) >= 11 is 6.02. The van der Waals surface area contributed by atoms with Crippen molar-refractivity contribution >= 4 is 11.6 Å². The van der Waals surface area contributed by atoms with Crippen LogP contribution < -0.4 is 0 Å². The standard InChI is InChI=1S/C10H11ClN4/c1-2-5-15-9(3-4-14-15)10-8(11)6-12-7-13-10/h3-4,6-7H,2,5H2,1H3. The second kappa shape index (κ2) is 4.40. The van der Waals surface area contributed by atoms with E-state index in [0.29, 0.717) is 5.02 Å². The largest absolute Gasteiger partial charge is 0.263 e. The SMILES string of the molecule is CCCn1nccc1-c1ncncc1Cl. The number of aromatic nitrogens is 4. The lowest BCUT2D eigenvalue weighted by Gasteiger charge is -2.05. The highest BCUT2D eigenvalue weighted by atomic mass is 35.5. The van der Waals surface area contributed by atoms with Gasteiger partial charge in [0.2, 0.25) is 0 Å². The van der Waals surface area contributed by atoms with Crippen LogP contribution in [0.4, 0.5) is 0 Å². The highest BCUT2D eigenvalue weighted by Gasteiger charge is 2.09. The second-order valence-electron chi connectivity index (χ2n) is 3.16. The Morgan fingerprint density at radius 1 is 1.47 bits per heavy atom. The second-order valence-corrected chi connectivity index (χ2v) is 3.57. The summed E-state index contributed by atoms with van der Waals surface area (Å²) in [4.78, 5) is 8.02. The Morgan fingerprint density at radius 2 is 2.33 bits per heavy atom. The first-order chi connectivity index (χ1) is 7.33.